The lowest BCUT2D eigenvalue weighted by molar-refractivity contribution is -0.122. The molecule has 0 aliphatic rings. The lowest BCUT2D eigenvalue weighted by atomic mass is 10.2. The van der Waals surface area contributed by atoms with Gasteiger partial charge in [-0.1, -0.05) is 6.07 Å². The van der Waals surface area contributed by atoms with Gasteiger partial charge in [-0.15, -0.1) is 11.8 Å². The van der Waals surface area contributed by atoms with Crippen LogP contribution in [0, 0.1) is 6.92 Å². The number of carbonyl (C=O) groups excluding carboxylic acids is 2. The maximum absolute atomic E-state index is 12.1. The Hall–Kier alpha value is -2.87. The molecule has 0 heterocycles. The van der Waals surface area contributed by atoms with Crippen molar-refractivity contribution in [2.24, 2.45) is 0 Å². The van der Waals surface area contributed by atoms with Crippen LogP contribution in [0.1, 0.15) is 5.56 Å². The molecule has 156 valence electrons. The van der Waals surface area contributed by atoms with E-state index in [9.17, 15) is 9.59 Å². The average molecular weight is 419 g/mol. The van der Waals surface area contributed by atoms with Crippen molar-refractivity contribution in [3.8, 4) is 17.2 Å². The van der Waals surface area contributed by atoms with Crippen molar-refractivity contribution in [3.05, 3.63) is 48.0 Å². The second kappa shape index (κ2) is 11.9. The number of nitrogens with one attached hydrogen (secondary N) is 2. The fraction of sp³-hybridized carbons (Fsp3) is 0.333. The molecular weight excluding hydrogens is 392 g/mol. The fourth-order valence-corrected chi connectivity index (χ4v) is 3.03. The smallest absolute Gasteiger partial charge is 0.243 e. The number of benzene rings is 2. The Kier molecular flexibility index (Phi) is 9.17. The summed E-state index contributed by atoms with van der Waals surface area (Å²) in [7, 11) is 3.15. The SMILES string of the molecule is COc1ccc(OCCSCC(=O)NCC(=O)Nc2cc(C)ccc2OC)cc1. The minimum atomic E-state index is -0.310. The van der Waals surface area contributed by atoms with E-state index in [4.69, 9.17) is 14.2 Å². The third-order valence-electron chi connectivity index (χ3n) is 3.86. The zero-order valence-corrected chi connectivity index (χ0v) is 17.6. The second-order valence-corrected chi connectivity index (χ2v) is 7.21. The quantitative estimate of drug-likeness (QED) is 0.546. The summed E-state index contributed by atoms with van der Waals surface area (Å²) in [6.45, 7) is 2.31. The summed E-state index contributed by atoms with van der Waals surface area (Å²) in [5.41, 5.74) is 1.58. The molecule has 2 aromatic carbocycles. The number of thioether (sulfide) groups is 1. The second-order valence-electron chi connectivity index (χ2n) is 6.11. The standard InChI is InChI=1S/C21H26N2O5S/c1-15-4-9-19(27-3)18(12-15)23-20(24)13-22-21(25)14-29-11-10-28-17-7-5-16(26-2)6-8-17/h4-9,12H,10-11,13-14H2,1-3H3,(H,22,25)(H,23,24). The number of aryl methyl sites for hydroxylation is 1. The van der Waals surface area contributed by atoms with Gasteiger partial charge in [0.2, 0.25) is 11.8 Å². The number of hydrogen-bond donors (Lipinski definition) is 2. The number of amides is 2. The molecule has 8 heteroatoms. The molecular formula is C21H26N2O5S. The molecule has 0 aliphatic carbocycles. The fourth-order valence-electron chi connectivity index (χ4n) is 2.40. The van der Waals surface area contributed by atoms with E-state index >= 15 is 0 Å². The molecule has 0 saturated carbocycles. The van der Waals surface area contributed by atoms with Gasteiger partial charge in [-0.3, -0.25) is 9.59 Å². The zero-order chi connectivity index (χ0) is 21.1. The molecule has 2 aromatic rings. The molecule has 29 heavy (non-hydrogen) atoms. The Balaban J connectivity index is 1.61. The Labute approximate surface area is 175 Å². The molecule has 0 bridgehead atoms. The van der Waals surface area contributed by atoms with Gasteiger partial charge in [-0.25, -0.2) is 0 Å². The van der Waals surface area contributed by atoms with Crippen molar-refractivity contribution in [2.45, 2.75) is 6.92 Å². The highest BCUT2D eigenvalue weighted by Crippen LogP contribution is 2.24. The van der Waals surface area contributed by atoms with E-state index < -0.39 is 0 Å². The molecule has 0 aliphatic heterocycles. The molecule has 0 unspecified atom stereocenters. The lowest BCUT2D eigenvalue weighted by Crippen LogP contribution is -2.34. The summed E-state index contributed by atoms with van der Waals surface area (Å²) < 4.78 is 15.9. The van der Waals surface area contributed by atoms with Crippen LogP contribution in [-0.4, -0.2) is 50.7 Å². The topological polar surface area (TPSA) is 85.9 Å². The van der Waals surface area contributed by atoms with E-state index in [2.05, 4.69) is 10.6 Å². The molecule has 2 rings (SSSR count). The molecule has 0 saturated heterocycles. The molecule has 2 amide bonds. The highest BCUT2D eigenvalue weighted by Gasteiger charge is 2.09. The van der Waals surface area contributed by atoms with E-state index in [0.717, 1.165) is 17.1 Å². The van der Waals surface area contributed by atoms with Gasteiger partial charge < -0.3 is 24.8 Å². The number of ether oxygens (including phenoxy) is 3. The van der Waals surface area contributed by atoms with Crippen LogP contribution in [0.5, 0.6) is 17.2 Å². The normalized spacial score (nSPS) is 10.2. The first-order valence-corrected chi connectivity index (χ1v) is 10.2. The number of anilines is 1. The highest BCUT2D eigenvalue weighted by atomic mass is 32.2. The van der Waals surface area contributed by atoms with Gasteiger partial charge in [-0.2, -0.15) is 0 Å². The summed E-state index contributed by atoms with van der Waals surface area (Å²) in [6, 6.07) is 12.8. The van der Waals surface area contributed by atoms with Crippen molar-refractivity contribution in [1.29, 1.82) is 0 Å². The maximum Gasteiger partial charge on any atom is 0.243 e. The molecule has 7 nitrogen and oxygen atoms in total. The Morgan fingerprint density at radius 1 is 0.966 bits per heavy atom. The van der Waals surface area contributed by atoms with Crippen molar-refractivity contribution in [3.63, 3.8) is 0 Å². The Morgan fingerprint density at radius 2 is 1.69 bits per heavy atom. The van der Waals surface area contributed by atoms with Crippen LogP contribution in [0.2, 0.25) is 0 Å². The molecule has 0 aromatic heterocycles. The number of carbonyl (C=O) groups is 2. The third kappa shape index (κ3) is 7.95. The number of hydrogen-bond acceptors (Lipinski definition) is 6. The zero-order valence-electron chi connectivity index (χ0n) is 16.8. The molecule has 0 fully saturated rings. The first-order valence-electron chi connectivity index (χ1n) is 9.07. The first-order chi connectivity index (χ1) is 14.0. The first kappa shape index (κ1) is 22.4. The van der Waals surface area contributed by atoms with Gasteiger partial charge in [0.15, 0.2) is 0 Å². The van der Waals surface area contributed by atoms with E-state index in [1.165, 1.54) is 18.9 Å². The average Bonchev–Trinajstić information content (AvgIpc) is 2.72. The summed E-state index contributed by atoms with van der Waals surface area (Å²) in [5, 5.41) is 5.35. The molecule has 0 atom stereocenters. The minimum absolute atomic E-state index is 0.0984. The predicted octanol–water partition coefficient (Wildman–Crippen LogP) is 2.88. The van der Waals surface area contributed by atoms with Crippen molar-refractivity contribution in [1.82, 2.24) is 5.32 Å². The molecule has 2 N–H and O–H groups in total. The van der Waals surface area contributed by atoms with Crippen molar-refractivity contribution >= 4 is 29.3 Å². The van der Waals surface area contributed by atoms with E-state index in [1.54, 1.807) is 13.2 Å². The maximum atomic E-state index is 12.1. The summed E-state index contributed by atoms with van der Waals surface area (Å²) in [6.07, 6.45) is 0. The van der Waals surface area contributed by atoms with Crippen LogP contribution in [-0.2, 0) is 9.59 Å². The summed E-state index contributed by atoms with van der Waals surface area (Å²) in [4.78, 5) is 23.9. The van der Waals surface area contributed by atoms with E-state index in [1.807, 2.05) is 43.3 Å². The largest absolute Gasteiger partial charge is 0.497 e. The number of methoxy groups -OCH3 is 2. The van der Waals surface area contributed by atoms with Crippen LogP contribution >= 0.6 is 11.8 Å². The van der Waals surface area contributed by atoms with Gasteiger partial charge >= 0.3 is 0 Å². The van der Waals surface area contributed by atoms with Crippen LogP contribution in [0.15, 0.2) is 42.5 Å². The van der Waals surface area contributed by atoms with Gasteiger partial charge in [0.1, 0.15) is 17.2 Å². The van der Waals surface area contributed by atoms with Gasteiger partial charge in [0.05, 0.1) is 38.8 Å². The van der Waals surface area contributed by atoms with Crippen LogP contribution in [0.4, 0.5) is 5.69 Å². The molecule has 0 radical (unpaired) electrons. The summed E-state index contributed by atoms with van der Waals surface area (Å²) >= 11 is 1.44. The van der Waals surface area contributed by atoms with Crippen molar-refractivity contribution in [2.75, 3.05) is 44.2 Å². The van der Waals surface area contributed by atoms with Crippen LogP contribution < -0.4 is 24.8 Å². The Morgan fingerprint density at radius 3 is 2.38 bits per heavy atom. The third-order valence-corrected chi connectivity index (χ3v) is 4.79. The van der Waals surface area contributed by atoms with Gasteiger partial charge in [0.25, 0.3) is 0 Å². The van der Waals surface area contributed by atoms with Crippen molar-refractivity contribution < 1.29 is 23.8 Å². The minimum Gasteiger partial charge on any atom is -0.497 e. The van der Waals surface area contributed by atoms with Gasteiger partial charge in [-0.05, 0) is 48.9 Å². The van der Waals surface area contributed by atoms with Gasteiger partial charge in [0, 0.05) is 5.75 Å². The highest BCUT2D eigenvalue weighted by molar-refractivity contribution is 7.99. The van der Waals surface area contributed by atoms with Crippen LogP contribution in [0.3, 0.4) is 0 Å². The summed E-state index contributed by atoms with van der Waals surface area (Å²) in [5.74, 6) is 2.50. The lowest BCUT2D eigenvalue weighted by Gasteiger charge is -2.11. The monoisotopic (exact) mass is 418 g/mol. The van der Waals surface area contributed by atoms with E-state index in [-0.39, 0.29) is 24.1 Å². The number of rotatable bonds is 11. The van der Waals surface area contributed by atoms with E-state index in [0.29, 0.717) is 23.8 Å². The molecule has 0 spiro atoms. The predicted molar refractivity (Wildman–Crippen MR) is 115 cm³/mol. The van der Waals surface area contributed by atoms with Crippen LogP contribution in [0.25, 0.3) is 0 Å². The Bertz CT molecular complexity index is 811.